The number of nitrogens with two attached hydrogens (primary N) is 1. The summed E-state index contributed by atoms with van der Waals surface area (Å²) in [6.45, 7) is 2.47. The van der Waals surface area contributed by atoms with Crippen LogP contribution in [0.15, 0.2) is 30.5 Å². The highest BCUT2D eigenvalue weighted by molar-refractivity contribution is 5.77. The minimum absolute atomic E-state index is 0.00899. The summed E-state index contributed by atoms with van der Waals surface area (Å²) >= 11 is 0. The Morgan fingerprint density at radius 1 is 1.31 bits per heavy atom. The van der Waals surface area contributed by atoms with Gasteiger partial charge >= 0.3 is 0 Å². The van der Waals surface area contributed by atoms with Gasteiger partial charge in [-0.25, -0.2) is 13.2 Å². The molecule has 0 fully saturated rings. The maximum Gasteiger partial charge on any atom is 0.224 e. The Morgan fingerprint density at radius 2 is 2.04 bits per heavy atom. The molecule has 0 saturated heterocycles. The summed E-state index contributed by atoms with van der Waals surface area (Å²) in [6.07, 6.45) is 2.35. The number of benzene rings is 1. The number of nitrogens with zero attached hydrogens (tertiary/aromatic N) is 2. The van der Waals surface area contributed by atoms with Crippen LogP contribution in [0, 0.1) is 17.5 Å². The van der Waals surface area contributed by atoms with Crippen LogP contribution in [0.5, 0.6) is 0 Å². The molecule has 1 aromatic heterocycles. The molecule has 2 aromatic rings. The Hall–Kier alpha value is -2.41. The van der Waals surface area contributed by atoms with Crippen molar-refractivity contribution in [3.05, 3.63) is 64.7 Å². The van der Waals surface area contributed by atoms with Crippen molar-refractivity contribution in [2.45, 2.75) is 38.3 Å². The Balaban J connectivity index is 1.66. The van der Waals surface area contributed by atoms with E-state index in [0.29, 0.717) is 19.0 Å². The number of hydrogen-bond acceptors (Lipinski definition) is 3. The zero-order valence-corrected chi connectivity index (χ0v) is 14.4. The summed E-state index contributed by atoms with van der Waals surface area (Å²) < 4.78 is 40.0. The largest absolute Gasteiger partial charge is 0.334 e. The third kappa shape index (κ3) is 3.72. The fourth-order valence-corrected chi connectivity index (χ4v) is 3.38. The normalized spacial score (nSPS) is 17.7. The Morgan fingerprint density at radius 3 is 2.81 bits per heavy atom. The van der Waals surface area contributed by atoms with Crippen LogP contribution in [0.1, 0.15) is 36.2 Å². The highest BCUT2D eigenvalue weighted by Gasteiger charge is 2.29. The molecule has 26 heavy (non-hydrogen) atoms. The molecular formula is C19H20F3N3O. The molecule has 3 rings (SSSR count). The predicted molar refractivity (Wildman–Crippen MR) is 90.7 cm³/mol. The van der Waals surface area contributed by atoms with Gasteiger partial charge in [0.25, 0.3) is 0 Å². The summed E-state index contributed by atoms with van der Waals surface area (Å²) in [5.74, 6) is -3.41. The smallest absolute Gasteiger partial charge is 0.224 e. The fraction of sp³-hybridized carbons (Fsp3) is 0.368. The minimum atomic E-state index is -1.25. The third-order valence-electron chi connectivity index (χ3n) is 4.74. The van der Waals surface area contributed by atoms with Gasteiger partial charge in [0.05, 0.1) is 11.7 Å². The van der Waals surface area contributed by atoms with Crippen molar-refractivity contribution >= 4 is 5.91 Å². The zero-order valence-electron chi connectivity index (χ0n) is 14.4. The molecule has 0 spiro atoms. The molecular weight excluding hydrogens is 343 g/mol. The Labute approximate surface area is 149 Å². The monoisotopic (exact) mass is 363 g/mol. The van der Waals surface area contributed by atoms with E-state index in [1.165, 1.54) is 0 Å². The van der Waals surface area contributed by atoms with Crippen LogP contribution in [0.2, 0.25) is 0 Å². The summed E-state index contributed by atoms with van der Waals surface area (Å²) in [5.41, 5.74) is 7.92. The third-order valence-corrected chi connectivity index (χ3v) is 4.74. The predicted octanol–water partition coefficient (Wildman–Crippen LogP) is 2.90. The Bertz CT molecular complexity index is 828. The number of carbonyl (C=O) groups excluding carboxylic acids is 1. The van der Waals surface area contributed by atoms with Crippen molar-refractivity contribution in [1.82, 2.24) is 9.88 Å². The van der Waals surface area contributed by atoms with Crippen LogP contribution in [0.4, 0.5) is 13.2 Å². The molecule has 138 valence electrons. The van der Waals surface area contributed by atoms with Crippen molar-refractivity contribution < 1.29 is 18.0 Å². The number of carbonyl (C=O) groups is 1. The number of fused-ring (bicyclic) bond motifs is 1. The van der Waals surface area contributed by atoms with E-state index in [2.05, 4.69) is 4.98 Å². The Kier molecular flexibility index (Phi) is 5.27. The van der Waals surface area contributed by atoms with Gasteiger partial charge in [0.15, 0.2) is 11.6 Å². The average molecular weight is 363 g/mol. The topological polar surface area (TPSA) is 59.2 Å². The van der Waals surface area contributed by atoms with Crippen LogP contribution >= 0.6 is 0 Å². The molecule has 2 heterocycles. The number of halogens is 3. The van der Waals surface area contributed by atoms with Crippen LogP contribution < -0.4 is 5.73 Å². The number of hydrogen-bond donors (Lipinski definition) is 1. The van der Waals surface area contributed by atoms with Crippen molar-refractivity contribution in [2.75, 3.05) is 6.54 Å². The van der Waals surface area contributed by atoms with E-state index in [4.69, 9.17) is 5.73 Å². The summed E-state index contributed by atoms with van der Waals surface area (Å²) in [5, 5.41) is 0. The van der Waals surface area contributed by atoms with Crippen molar-refractivity contribution in [3.8, 4) is 0 Å². The van der Waals surface area contributed by atoms with Gasteiger partial charge in [0.2, 0.25) is 5.91 Å². The molecule has 7 heteroatoms. The number of amides is 1. The lowest BCUT2D eigenvalue weighted by Crippen LogP contribution is -2.42. The SMILES string of the molecule is CC1c2ncccc2CCN1C(=O)C[C@H](N)Cc1cc(F)c(F)cc1F. The first-order chi connectivity index (χ1) is 12.4. The van der Waals surface area contributed by atoms with Gasteiger partial charge in [-0.15, -0.1) is 0 Å². The average Bonchev–Trinajstić information content (AvgIpc) is 2.60. The van der Waals surface area contributed by atoms with Crippen molar-refractivity contribution in [1.29, 1.82) is 0 Å². The van der Waals surface area contributed by atoms with E-state index in [1.54, 1.807) is 11.1 Å². The second kappa shape index (κ2) is 7.45. The molecule has 0 bridgehead atoms. The van der Waals surface area contributed by atoms with Gasteiger partial charge < -0.3 is 10.6 Å². The summed E-state index contributed by atoms with van der Waals surface area (Å²) in [7, 11) is 0. The first-order valence-electron chi connectivity index (χ1n) is 8.49. The molecule has 0 saturated carbocycles. The van der Waals surface area contributed by atoms with E-state index < -0.39 is 23.5 Å². The number of aromatic nitrogens is 1. The van der Waals surface area contributed by atoms with E-state index in [-0.39, 0.29) is 30.4 Å². The van der Waals surface area contributed by atoms with E-state index in [1.807, 2.05) is 19.1 Å². The minimum Gasteiger partial charge on any atom is -0.334 e. The van der Waals surface area contributed by atoms with Crippen LogP contribution in [0.25, 0.3) is 0 Å². The second-order valence-electron chi connectivity index (χ2n) is 6.59. The molecule has 2 N–H and O–H groups in total. The lowest BCUT2D eigenvalue weighted by atomic mass is 9.97. The fourth-order valence-electron chi connectivity index (χ4n) is 3.38. The molecule has 2 atom stereocenters. The zero-order chi connectivity index (χ0) is 18.8. The van der Waals surface area contributed by atoms with Gasteiger partial charge in [-0.1, -0.05) is 6.07 Å². The number of rotatable bonds is 4. The molecule has 1 amide bonds. The molecule has 1 aliphatic rings. The van der Waals surface area contributed by atoms with E-state index in [0.717, 1.165) is 17.3 Å². The van der Waals surface area contributed by atoms with Crippen LogP contribution in [-0.4, -0.2) is 28.4 Å². The molecule has 1 aromatic carbocycles. The first kappa shape index (κ1) is 18.4. The van der Waals surface area contributed by atoms with E-state index in [9.17, 15) is 18.0 Å². The lowest BCUT2D eigenvalue weighted by molar-refractivity contribution is -0.134. The van der Waals surface area contributed by atoms with Gasteiger partial charge in [-0.3, -0.25) is 9.78 Å². The quantitative estimate of drug-likeness (QED) is 0.850. The van der Waals surface area contributed by atoms with Gasteiger partial charge in [0, 0.05) is 31.3 Å². The van der Waals surface area contributed by atoms with Crippen LogP contribution in [0.3, 0.4) is 0 Å². The molecule has 0 radical (unpaired) electrons. The molecule has 1 unspecified atom stereocenters. The van der Waals surface area contributed by atoms with Gasteiger partial charge in [-0.2, -0.15) is 0 Å². The molecule has 0 aliphatic carbocycles. The van der Waals surface area contributed by atoms with Gasteiger partial charge in [-0.05, 0) is 43.0 Å². The van der Waals surface area contributed by atoms with Gasteiger partial charge in [0.1, 0.15) is 5.82 Å². The molecule has 1 aliphatic heterocycles. The summed E-state index contributed by atoms with van der Waals surface area (Å²) in [4.78, 5) is 18.7. The highest BCUT2D eigenvalue weighted by atomic mass is 19.2. The standard InChI is InChI=1S/C19H20F3N3O/c1-11-19-12(3-2-5-24-19)4-6-25(11)18(26)9-14(23)7-13-8-16(21)17(22)10-15(13)20/h2-3,5,8,10-11,14H,4,6-7,9,23H2,1H3/t11?,14-/m1/s1. The second-order valence-corrected chi connectivity index (χ2v) is 6.59. The lowest BCUT2D eigenvalue weighted by Gasteiger charge is -2.35. The van der Waals surface area contributed by atoms with Crippen molar-refractivity contribution in [2.24, 2.45) is 5.73 Å². The summed E-state index contributed by atoms with van der Waals surface area (Å²) in [6, 6.07) is 4.29. The first-order valence-corrected chi connectivity index (χ1v) is 8.49. The van der Waals surface area contributed by atoms with Crippen LogP contribution in [-0.2, 0) is 17.6 Å². The maximum absolute atomic E-state index is 13.7. The number of pyridine rings is 1. The highest BCUT2D eigenvalue weighted by Crippen LogP contribution is 2.28. The maximum atomic E-state index is 13.7. The molecule has 4 nitrogen and oxygen atoms in total. The van der Waals surface area contributed by atoms with E-state index >= 15 is 0 Å². The van der Waals surface area contributed by atoms with Crippen molar-refractivity contribution in [3.63, 3.8) is 0 Å².